The molecular formula is C6H8OZr. The molecule has 8 heavy (non-hydrogen) atoms. The van der Waals surface area contributed by atoms with E-state index >= 15 is 0 Å². The van der Waals surface area contributed by atoms with Crippen LogP contribution in [-0.4, -0.2) is 11.7 Å². The van der Waals surface area contributed by atoms with Crippen LogP contribution in [0.3, 0.4) is 0 Å². The van der Waals surface area contributed by atoms with Crippen LogP contribution >= 0.6 is 0 Å². The number of aliphatic hydroxyl groups excluding tert-OH is 1. The summed E-state index contributed by atoms with van der Waals surface area (Å²) >= 11 is 0. The molecule has 0 aromatic heterocycles. The van der Waals surface area contributed by atoms with Gasteiger partial charge in [0, 0.05) is 32.1 Å². The maximum Gasteiger partial charge on any atom is 0.0528 e. The maximum atomic E-state index is 8.46. The first-order valence-electron chi connectivity index (χ1n) is 2.39. The fraction of sp³-hybridized carbons (Fsp3) is 0.333. The molecule has 42 valence electrons. The van der Waals surface area contributed by atoms with E-state index in [4.69, 9.17) is 5.11 Å². The van der Waals surface area contributed by atoms with Crippen LogP contribution in [0.1, 0.15) is 0 Å². The topological polar surface area (TPSA) is 20.2 Å². The molecule has 0 atom stereocenters. The summed E-state index contributed by atoms with van der Waals surface area (Å²) in [5.74, 6) is 0.292. The summed E-state index contributed by atoms with van der Waals surface area (Å²) in [6, 6.07) is 0. The summed E-state index contributed by atoms with van der Waals surface area (Å²) in [6.07, 6.45) is 7.84. The Morgan fingerprint density at radius 1 is 1.25 bits per heavy atom. The predicted octanol–water partition coefficient (Wildman–Crippen LogP) is 0.718. The van der Waals surface area contributed by atoms with E-state index in [2.05, 4.69) is 0 Å². The second-order valence-corrected chi connectivity index (χ2v) is 1.62. The monoisotopic (exact) mass is 186 g/mol. The summed E-state index contributed by atoms with van der Waals surface area (Å²) in [5, 5.41) is 8.46. The molecule has 1 nitrogen and oxygen atoms in total. The molecule has 0 saturated heterocycles. The van der Waals surface area contributed by atoms with Gasteiger partial charge in [0.15, 0.2) is 0 Å². The Balaban J connectivity index is 0.000000490. The van der Waals surface area contributed by atoms with Crippen molar-refractivity contribution in [2.75, 3.05) is 6.61 Å². The van der Waals surface area contributed by atoms with Crippen molar-refractivity contribution < 1.29 is 31.3 Å². The van der Waals surface area contributed by atoms with Gasteiger partial charge in [-0.3, -0.25) is 0 Å². The smallest absolute Gasteiger partial charge is 0.0528 e. The van der Waals surface area contributed by atoms with Crippen molar-refractivity contribution in [1.82, 2.24) is 0 Å². The number of rotatable bonds is 1. The van der Waals surface area contributed by atoms with Crippen LogP contribution < -0.4 is 0 Å². The van der Waals surface area contributed by atoms with E-state index < -0.39 is 0 Å². The van der Waals surface area contributed by atoms with Crippen molar-refractivity contribution in [1.29, 1.82) is 0 Å². The first-order chi connectivity index (χ1) is 3.43. The Kier molecular flexibility index (Phi) is 4.40. The van der Waals surface area contributed by atoms with Crippen molar-refractivity contribution in [3.63, 3.8) is 0 Å². The minimum Gasteiger partial charge on any atom is -0.395 e. The van der Waals surface area contributed by atoms with Crippen LogP contribution in [0, 0.1) is 5.92 Å². The van der Waals surface area contributed by atoms with Crippen molar-refractivity contribution in [2.45, 2.75) is 0 Å². The Morgan fingerprint density at radius 2 is 1.75 bits per heavy atom. The van der Waals surface area contributed by atoms with E-state index in [0.29, 0.717) is 5.92 Å². The molecule has 0 amide bonds. The first kappa shape index (κ1) is 8.32. The average Bonchev–Trinajstić information content (AvgIpc) is 2.14. The summed E-state index contributed by atoms with van der Waals surface area (Å²) in [4.78, 5) is 0. The Hall–Kier alpha value is 0.323. The van der Waals surface area contributed by atoms with Crippen LogP contribution in [0.5, 0.6) is 0 Å². The van der Waals surface area contributed by atoms with Crippen molar-refractivity contribution >= 4 is 0 Å². The second-order valence-electron chi connectivity index (χ2n) is 1.62. The fourth-order valence-electron chi connectivity index (χ4n) is 0.600. The van der Waals surface area contributed by atoms with Gasteiger partial charge in [0.05, 0.1) is 6.61 Å². The zero-order valence-corrected chi connectivity index (χ0v) is 7.00. The molecule has 1 aliphatic rings. The van der Waals surface area contributed by atoms with Crippen molar-refractivity contribution in [2.24, 2.45) is 5.92 Å². The van der Waals surface area contributed by atoms with Crippen LogP contribution in [-0.2, 0) is 26.2 Å². The number of hydrogen-bond donors (Lipinski definition) is 1. The molecule has 0 aliphatic heterocycles. The molecule has 2 heteroatoms. The van der Waals surface area contributed by atoms with Gasteiger partial charge in [-0.05, 0) is 0 Å². The van der Waals surface area contributed by atoms with Gasteiger partial charge >= 0.3 is 0 Å². The largest absolute Gasteiger partial charge is 0.395 e. The van der Waals surface area contributed by atoms with E-state index in [1.54, 1.807) is 0 Å². The normalized spacial score (nSPS) is 16.6. The molecule has 0 fully saturated rings. The molecule has 0 unspecified atom stereocenters. The second kappa shape index (κ2) is 4.23. The molecule has 0 radical (unpaired) electrons. The van der Waals surface area contributed by atoms with Gasteiger partial charge < -0.3 is 5.11 Å². The van der Waals surface area contributed by atoms with Gasteiger partial charge in [-0.25, -0.2) is 0 Å². The van der Waals surface area contributed by atoms with Gasteiger partial charge in [-0.1, -0.05) is 24.3 Å². The van der Waals surface area contributed by atoms with E-state index in [9.17, 15) is 0 Å². The van der Waals surface area contributed by atoms with Gasteiger partial charge in [0.2, 0.25) is 0 Å². The number of aliphatic hydroxyl groups is 1. The van der Waals surface area contributed by atoms with Gasteiger partial charge in [-0.2, -0.15) is 0 Å². The molecule has 1 aliphatic carbocycles. The average molecular weight is 187 g/mol. The summed E-state index contributed by atoms with van der Waals surface area (Å²) in [7, 11) is 0. The Morgan fingerprint density at radius 3 is 2.00 bits per heavy atom. The molecule has 0 aromatic carbocycles. The molecule has 0 bridgehead atoms. The summed E-state index contributed by atoms with van der Waals surface area (Å²) < 4.78 is 0. The molecular weight excluding hydrogens is 179 g/mol. The quantitative estimate of drug-likeness (QED) is 0.641. The van der Waals surface area contributed by atoms with Crippen molar-refractivity contribution in [3.8, 4) is 0 Å². The molecule has 1 rings (SSSR count). The molecule has 0 saturated carbocycles. The number of hydrogen-bond acceptors (Lipinski definition) is 1. The fourth-order valence-corrected chi connectivity index (χ4v) is 0.600. The van der Waals surface area contributed by atoms with Gasteiger partial charge in [0.25, 0.3) is 0 Å². The third-order valence-corrected chi connectivity index (χ3v) is 1.04. The SMILES string of the molecule is OCC1C=CC=C1.[Zr]. The molecule has 0 aromatic rings. The van der Waals surface area contributed by atoms with E-state index in [1.165, 1.54) is 0 Å². The van der Waals surface area contributed by atoms with E-state index in [0.717, 1.165) is 0 Å². The molecule has 0 spiro atoms. The standard InChI is InChI=1S/C6H8O.Zr/c7-5-6-3-1-2-4-6;/h1-4,6-7H,5H2;. The first-order valence-corrected chi connectivity index (χ1v) is 2.39. The zero-order valence-electron chi connectivity index (χ0n) is 4.54. The minimum atomic E-state index is 0. The third kappa shape index (κ3) is 2.06. The Bertz CT molecular complexity index is 95.1. The minimum absolute atomic E-state index is 0. The molecule has 0 heterocycles. The van der Waals surface area contributed by atoms with Gasteiger partial charge in [-0.15, -0.1) is 0 Å². The predicted molar refractivity (Wildman–Crippen MR) is 28.9 cm³/mol. The van der Waals surface area contributed by atoms with Gasteiger partial charge in [0.1, 0.15) is 0 Å². The number of allylic oxidation sites excluding steroid dienone is 2. The summed E-state index contributed by atoms with van der Waals surface area (Å²) in [6.45, 7) is 0.243. The van der Waals surface area contributed by atoms with Crippen LogP contribution in [0.2, 0.25) is 0 Å². The van der Waals surface area contributed by atoms with E-state index in [-0.39, 0.29) is 32.8 Å². The Labute approximate surface area is 68.2 Å². The van der Waals surface area contributed by atoms with Crippen LogP contribution in [0.15, 0.2) is 24.3 Å². The van der Waals surface area contributed by atoms with Crippen LogP contribution in [0.25, 0.3) is 0 Å². The maximum absolute atomic E-state index is 8.46. The van der Waals surface area contributed by atoms with Crippen molar-refractivity contribution in [3.05, 3.63) is 24.3 Å². The summed E-state index contributed by atoms with van der Waals surface area (Å²) in [5.41, 5.74) is 0. The van der Waals surface area contributed by atoms with Crippen LogP contribution in [0.4, 0.5) is 0 Å². The molecule has 1 N–H and O–H groups in total. The third-order valence-electron chi connectivity index (χ3n) is 1.04. The zero-order chi connectivity index (χ0) is 5.11. The van der Waals surface area contributed by atoms with E-state index in [1.807, 2.05) is 24.3 Å².